The smallest absolute Gasteiger partial charge is 0.255 e. The topological polar surface area (TPSA) is 37.3 Å². The lowest BCUT2D eigenvalue weighted by Gasteiger charge is -2.14. The molecule has 1 aliphatic heterocycles. The fourth-order valence-corrected chi connectivity index (χ4v) is 3.84. The average molecular weight is 359 g/mol. The summed E-state index contributed by atoms with van der Waals surface area (Å²) in [5.41, 5.74) is 6.25. The molecule has 4 nitrogen and oxygen atoms in total. The van der Waals surface area contributed by atoms with Crippen molar-refractivity contribution in [1.29, 1.82) is 0 Å². The maximum atomic E-state index is 12.9. The highest BCUT2D eigenvalue weighted by Crippen LogP contribution is 2.30. The van der Waals surface area contributed by atoms with Gasteiger partial charge in [-0.05, 0) is 73.0 Å². The molecule has 4 rings (SSSR count). The first-order valence-corrected chi connectivity index (χ1v) is 9.54. The van der Waals surface area contributed by atoms with Crippen molar-refractivity contribution in [3.63, 3.8) is 0 Å². The number of hydrogen-bond donors (Lipinski definition) is 1. The van der Waals surface area contributed by atoms with Crippen molar-refractivity contribution in [2.45, 2.75) is 33.4 Å². The minimum absolute atomic E-state index is 0.0473. The number of benzene rings is 2. The maximum absolute atomic E-state index is 12.9. The summed E-state index contributed by atoms with van der Waals surface area (Å²) in [5, 5.41) is 3.14. The Morgan fingerprint density at radius 2 is 1.89 bits per heavy atom. The lowest BCUT2D eigenvalue weighted by Crippen LogP contribution is -2.18. The van der Waals surface area contributed by atoms with Crippen LogP contribution in [0.1, 0.15) is 40.4 Å². The van der Waals surface area contributed by atoms with Gasteiger partial charge in [0.05, 0.1) is 0 Å². The Kier molecular flexibility index (Phi) is 4.82. The van der Waals surface area contributed by atoms with Crippen LogP contribution in [0.5, 0.6) is 0 Å². The lowest BCUT2D eigenvalue weighted by molar-refractivity contribution is 0.102. The molecule has 0 saturated heterocycles. The summed E-state index contributed by atoms with van der Waals surface area (Å²) in [7, 11) is 0. The van der Waals surface area contributed by atoms with Crippen molar-refractivity contribution in [2.75, 3.05) is 11.9 Å². The Morgan fingerprint density at radius 1 is 1.07 bits per heavy atom. The second-order valence-electron chi connectivity index (χ2n) is 7.20. The molecule has 2 aromatic carbocycles. The third-order valence-electron chi connectivity index (χ3n) is 5.19. The minimum atomic E-state index is -0.0473. The van der Waals surface area contributed by atoms with Gasteiger partial charge in [-0.2, -0.15) is 0 Å². The summed E-state index contributed by atoms with van der Waals surface area (Å²) < 4.78 is 2.04. The molecule has 0 radical (unpaired) electrons. The molecule has 0 spiro atoms. The molecule has 138 valence electrons. The summed E-state index contributed by atoms with van der Waals surface area (Å²) >= 11 is 0. The number of nitrogens with one attached hydrogen (secondary N) is 1. The second-order valence-corrected chi connectivity index (χ2v) is 7.20. The van der Waals surface area contributed by atoms with Crippen LogP contribution >= 0.6 is 0 Å². The Hall–Kier alpha value is -2.85. The van der Waals surface area contributed by atoms with Crippen molar-refractivity contribution in [2.24, 2.45) is 0 Å². The van der Waals surface area contributed by atoms with E-state index in [9.17, 15) is 4.79 Å². The molecule has 4 heteroatoms. The molecule has 0 aliphatic carbocycles. The molecule has 0 atom stereocenters. The van der Waals surface area contributed by atoms with Gasteiger partial charge in [-0.25, -0.2) is 0 Å². The monoisotopic (exact) mass is 359 g/mol. The van der Waals surface area contributed by atoms with Gasteiger partial charge >= 0.3 is 0 Å². The van der Waals surface area contributed by atoms with Gasteiger partial charge in [0.2, 0.25) is 0 Å². The van der Waals surface area contributed by atoms with E-state index >= 15 is 0 Å². The largest absolute Gasteiger partial charge is 0.324 e. The van der Waals surface area contributed by atoms with E-state index in [0.29, 0.717) is 5.56 Å². The Balaban J connectivity index is 1.55. The predicted octanol–water partition coefficient (Wildman–Crippen LogP) is 4.76. The number of aryl methyl sites for hydroxylation is 1. The first-order valence-electron chi connectivity index (χ1n) is 9.54. The van der Waals surface area contributed by atoms with E-state index < -0.39 is 0 Å². The molecule has 1 aliphatic rings. The van der Waals surface area contributed by atoms with E-state index in [1.54, 1.807) is 0 Å². The molecule has 2 heterocycles. The van der Waals surface area contributed by atoms with Crippen LogP contribution in [0.3, 0.4) is 0 Å². The summed E-state index contributed by atoms with van der Waals surface area (Å²) in [6, 6.07) is 16.1. The SMILES string of the molecule is CCCN1Cc2cccc(NC(=O)c3ccc(-n4cccc4)cc3C)c2C1. The van der Waals surface area contributed by atoms with Gasteiger partial charge in [0.25, 0.3) is 5.91 Å². The fourth-order valence-electron chi connectivity index (χ4n) is 3.84. The van der Waals surface area contributed by atoms with Crippen LogP contribution in [-0.4, -0.2) is 21.9 Å². The summed E-state index contributed by atoms with van der Waals surface area (Å²) in [6.45, 7) is 7.15. The molecule has 1 amide bonds. The summed E-state index contributed by atoms with van der Waals surface area (Å²) in [5.74, 6) is -0.0473. The number of amides is 1. The highest BCUT2D eigenvalue weighted by Gasteiger charge is 2.22. The third kappa shape index (κ3) is 3.53. The number of fused-ring (bicyclic) bond motifs is 1. The van der Waals surface area contributed by atoms with Crippen molar-refractivity contribution in [3.05, 3.63) is 83.2 Å². The quantitative estimate of drug-likeness (QED) is 0.713. The number of carbonyl (C=O) groups excluding carboxylic acids is 1. The summed E-state index contributed by atoms with van der Waals surface area (Å²) in [4.78, 5) is 15.3. The van der Waals surface area contributed by atoms with Crippen LogP contribution < -0.4 is 5.32 Å². The van der Waals surface area contributed by atoms with Crippen LogP contribution in [0, 0.1) is 6.92 Å². The van der Waals surface area contributed by atoms with E-state index in [2.05, 4.69) is 23.2 Å². The second kappa shape index (κ2) is 7.41. The molecule has 0 unspecified atom stereocenters. The number of carbonyl (C=O) groups is 1. The van der Waals surface area contributed by atoms with Gasteiger partial charge in [-0.15, -0.1) is 0 Å². The molecule has 0 bridgehead atoms. The van der Waals surface area contributed by atoms with E-state index in [4.69, 9.17) is 0 Å². The fraction of sp³-hybridized carbons (Fsp3) is 0.261. The van der Waals surface area contributed by atoms with Crippen LogP contribution in [0.4, 0.5) is 5.69 Å². The zero-order valence-electron chi connectivity index (χ0n) is 15.9. The number of nitrogens with zero attached hydrogens (tertiary/aromatic N) is 2. The molecule has 27 heavy (non-hydrogen) atoms. The van der Waals surface area contributed by atoms with E-state index in [0.717, 1.165) is 43.0 Å². The van der Waals surface area contributed by atoms with Crippen molar-refractivity contribution in [3.8, 4) is 5.69 Å². The van der Waals surface area contributed by atoms with Gasteiger partial charge in [-0.3, -0.25) is 9.69 Å². The molecule has 0 saturated carbocycles. The zero-order valence-corrected chi connectivity index (χ0v) is 15.9. The Labute approximate surface area is 160 Å². The number of hydrogen-bond acceptors (Lipinski definition) is 2. The highest BCUT2D eigenvalue weighted by molar-refractivity contribution is 6.05. The van der Waals surface area contributed by atoms with Crippen LogP contribution in [0.15, 0.2) is 60.9 Å². The standard InChI is InChI=1S/C23H25N3O/c1-3-11-25-15-18-7-6-8-22(21(18)16-25)24-23(27)20-10-9-19(14-17(20)2)26-12-4-5-13-26/h4-10,12-14H,3,11,15-16H2,1-2H3,(H,24,27). The Morgan fingerprint density at radius 3 is 2.63 bits per heavy atom. The van der Waals surface area contributed by atoms with Gasteiger partial charge in [-0.1, -0.05) is 19.1 Å². The normalized spacial score (nSPS) is 13.6. The maximum Gasteiger partial charge on any atom is 0.255 e. The first-order chi connectivity index (χ1) is 13.2. The van der Waals surface area contributed by atoms with Gasteiger partial charge < -0.3 is 9.88 Å². The van der Waals surface area contributed by atoms with E-state index in [-0.39, 0.29) is 5.91 Å². The highest BCUT2D eigenvalue weighted by atomic mass is 16.1. The predicted molar refractivity (Wildman–Crippen MR) is 109 cm³/mol. The molecule has 0 fully saturated rings. The average Bonchev–Trinajstić information content (AvgIpc) is 3.31. The zero-order chi connectivity index (χ0) is 18.8. The van der Waals surface area contributed by atoms with Gasteiger partial charge in [0.15, 0.2) is 0 Å². The molecular weight excluding hydrogens is 334 g/mol. The number of rotatable bonds is 5. The first kappa shape index (κ1) is 17.6. The van der Waals surface area contributed by atoms with Crippen molar-refractivity contribution < 1.29 is 4.79 Å². The molecule has 3 aromatic rings. The van der Waals surface area contributed by atoms with Gasteiger partial charge in [0.1, 0.15) is 0 Å². The lowest BCUT2D eigenvalue weighted by atomic mass is 10.1. The van der Waals surface area contributed by atoms with Crippen molar-refractivity contribution in [1.82, 2.24) is 9.47 Å². The van der Waals surface area contributed by atoms with Gasteiger partial charge in [0, 0.05) is 42.4 Å². The van der Waals surface area contributed by atoms with E-state index in [1.165, 1.54) is 11.1 Å². The molecular formula is C23H25N3O. The Bertz CT molecular complexity index is 960. The number of aromatic nitrogens is 1. The van der Waals surface area contributed by atoms with Crippen LogP contribution in [-0.2, 0) is 13.1 Å². The third-order valence-corrected chi connectivity index (χ3v) is 5.19. The summed E-state index contributed by atoms with van der Waals surface area (Å²) in [6.07, 6.45) is 5.15. The van der Waals surface area contributed by atoms with Crippen LogP contribution in [0.2, 0.25) is 0 Å². The number of anilines is 1. The minimum Gasteiger partial charge on any atom is -0.324 e. The van der Waals surface area contributed by atoms with E-state index in [1.807, 2.05) is 66.3 Å². The van der Waals surface area contributed by atoms with Crippen molar-refractivity contribution >= 4 is 11.6 Å². The molecule has 1 aromatic heterocycles. The molecule has 1 N–H and O–H groups in total. The van der Waals surface area contributed by atoms with Crippen LogP contribution in [0.25, 0.3) is 5.69 Å².